The fourth-order valence-electron chi connectivity index (χ4n) is 8.38. The standard InChI is InChI=1S/C29H44O7.2H2S/c1-26(2,3)36-23(32)12-15-35-25(33)29(34-6)13-7-8-21-20-10-9-18-16-19(30)11-14-27(18,4)24(20)22(31)17-28(21,29)5;;/h16,20-22,24,31H,7-15,17H2,1-6H3;2*1H2/t20?,21?,22?,24?,27?,28?,29-;;/m1../s1. The minimum atomic E-state index is -1.17. The van der Waals surface area contributed by atoms with Crippen molar-refractivity contribution in [2.45, 2.75) is 110 Å². The number of aliphatic hydroxyl groups is 1. The summed E-state index contributed by atoms with van der Waals surface area (Å²) >= 11 is 0. The molecule has 9 heteroatoms. The van der Waals surface area contributed by atoms with Crippen molar-refractivity contribution in [3.8, 4) is 0 Å². The largest absolute Gasteiger partial charge is 0.463 e. The van der Waals surface area contributed by atoms with Crippen LogP contribution >= 0.6 is 27.0 Å². The number of esters is 2. The third-order valence-electron chi connectivity index (χ3n) is 9.89. The quantitative estimate of drug-likeness (QED) is 0.474. The smallest absolute Gasteiger partial charge is 0.338 e. The number of rotatable bonds is 5. The molecule has 0 bridgehead atoms. The van der Waals surface area contributed by atoms with E-state index in [0.717, 1.165) is 32.1 Å². The summed E-state index contributed by atoms with van der Waals surface area (Å²) in [7, 11) is 1.57. The van der Waals surface area contributed by atoms with Crippen LogP contribution in [0.3, 0.4) is 0 Å². The van der Waals surface area contributed by atoms with E-state index in [1.54, 1.807) is 27.9 Å². The summed E-state index contributed by atoms with van der Waals surface area (Å²) in [6, 6.07) is 0. The van der Waals surface area contributed by atoms with Gasteiger partial charge in [0.25, 0.3) is 0 Å². The number of hydrogen-bond donors (Lipinski definition) is 1. The van der Waals surface area contributed by atoms with E-state index < -0.39 is 34.7 Å². The van der Waals surface area contributed by atoms with E-state index in [2.05, 4.69) is 13.8 Å². The molecule has 0 heterocycles. The van der Waals surface area contributed by atoms with Crippen LogP contribution in [-0.2, 0) is 28.6 Å². The lowest BCUT2D eigenvalue weighted by Crippen LogP contribution is -2.67. The molecule has 0 saturated heterocycles. The maximum Gasteiger partial charge on any atom is 0.338 e. The van der Waals surface area contributed by atoms with Crippen LogP contribution in [0.25, 0.3) is 0 Å². The predicted molar refractivity (Wildman–Crippen MR) is 155 cm³/mol. The maximum atomic E-state index is 13.6. The van der Waals surface area contributed by atoms with Gasteiger partial charge in [-0.25, -0.2) is 4.79 Å². The molecule has 0 spiro atoms. The van der Waals surface area contributed by atoms with Crippen molar-refractivity contribution in [2.75, 3.05) is 13.7 Å². The van der Waals surface area contributed by atoms with Gasteiger partial charge in [0.15, 0.2) is 11.4 Å². The monoisotopic (exact) mass is 572 g/mol. The molecule has 0 aromatic carbocycles. The van der Waals surface area contributed by atoms with Crippen LogP contribution in [0.2, 0.25) is 0 Å². The Kier molecular flexibility index (Phi) is 10.3. The molecule has 6 unspecified atom stereocenters. The summed E-state index contributed by atoms with van der Waals surface area (Å²) in [5.41, 5.74) is -1.34. The number of fused-ring (bicyclic) bond motifs is 5. The van der Waals surface area contributed by atoms with Gasteiger partial charge in [-0.05, 0) is 95.0 Å². The minimum Gasteiger partial charge on any atom is -0.463 e. The van der Waals surface area contributed by atoms with Crippen LogP contribution in [0.15, 0.2) is 11.6 Å². The number of ketones is 1. The Bertz CT molecular complexity index is 944. The SMILES string of the molecule is CO[C@@]1(C(=O)OCCC(=O)OC(C)(C)C)CCCC2C3CCC4=CC(=O)CCC4(C)C3C(O)CC21C.S.S. The number of aliphatic hydroxyl groups excluding tert-OH is 1. The molecule has 4 aliphatic rings. The summed E-state index contributed by atoms with van der Waals surface area (Å²) < 4.78 is 17.1. The van der Waals surface area contributed by atoms with Crippen molar-refractivity contribution in [3.63, 3.8) is 0 Å². The second-order valence-electron chi connectivity index (χ2n) is 13.0. The number of allylic oxidation sites excluding steroid dienone is 2. The molecule has 7 atom stereocenters. The average molecular weight is 573 g/mol. The Morgan fingerprint density at radius 1 is 1.11 bits per heavy atom. The van der Waals surface area contributed by atoms with Gasteiger partial charge in [-0.15, -0.1) is 0 Å². The van der Waals surface area contributed by atoms with Crippen LogP contribution in [0, 0.1) is 28.6 Å². The van der Waals surface area contributed by atoms with Gasteiger partial charge in [-0.2, -0.15) is 27.0 Å². The summed E-state index contributed by atoms with van der Waals surface area (Å²) in [6.45, 7) is 9.66. The highest BCUT2D eigenvalue weighted by molar-refractivity contribution is 7.59. The molecule has 1 N–H and O–H groups in total. The first-order valence-electron chi connectivity index (χ1n) is 13.6. The summed E-state index contributed by atoms with van der Waals surface area (Å²) in [4.78, 5) is 37.9. The molecular formula is C29H48O7S2. The number of carbonyl (C=O) groups excluding carboxylic acids is 3. The Labute approximate surface area is 241 Å². The van der Waals surface area contributed by atoms with Crippen LogP contribution < -0.4 is 0 Å². The molecule has 0 amide bonds. The van der Waals surface area contributed by atoms with Gasteiger partial charge >= 0.3 is 11.9 Å². The van der Waals surface area contributed by atoms with Crippen LogP contribution in [0.5, 0.6) is 0 Å². The number of methoxy groups -OCH3 is 1. The highest BCUT2D eigenvalue weighted by atomic mass is 32.1. The lowest BCUT2D eigenvalue weighted by Gasteiger charge is -2.65. The first-order chi connectivity index (χ1) is 16.8. The lowest BCUT2D eigenvalue weighted by molar-refractivity contribution is -0.239. The van der Waals surface area contributed by atoms with Gasteiger partial charge in [0.1, 0.15) is 12.2 Å². The fourth-order valence-corrected chi connectivity index (χ4v) is 8.38. The molecule has 38 heavy (non-hydrogen) atoms. The van der Waals surface area contributed by atoms with E-state index in [4.69, 9.17) is 14.2 Å². The third kappa shape index (κ3) is 5.59. The molecule has 0 radical (unpaired) electrons. The maximum absolute atomic E-state index is 13.6. The Balaban J connectivity index is 0.00000253. The zero-order valence-electron chi connectivity index (χ0n) is 23.9. The van der Waals surface area contributed by atoms with Gasteiger partial charge in [-0.1, -0.05) is 19.4 Å². The lowest BCUT2D eigenvalue weighted by atomic mass is 9.41. The van der Waals surface area contributed by atoms with Gasteiger partial charge in [-0.3, -0.25) is 9.59 Å². The van der Waals surface area contributed by atoms with Crippen molar-refractivity contribution in [2.24, 2.45) is 28.6 Å². The fraction of sp³-hybridized carbons (Fsp3) is 0.828. The van der Waals surface area contributed by atoms with E-state index in [1.807, 2.05) is 6.08 Å². The van der Waals surface area contributed by atoms with E-state index >= 15 is 0 Å². The van der Waals surface area contributed by atoms with E-state index in [1.165, 1.54) is 5.57 Å². The summed E-state index contributed by atoms with van der Waals surface area (Å²) in [6.07, 6.45) is 7.11. The highest BCUT2D eigenvalue weighted by Gasteiger charge is 2.68. The van der Waals surface area contributed by atoms with Crippen LogP contribution in [0.4, 0.5) is 0 Å². The molecule has 0 aliphatic heterocycles. The summed E-state index contributed by atoms with van der Waals surface area (Å²) in [5, 5.41) is 11.7. The van der Waals surface area contributed by atoms with Gasteiger partial charge in [0.05, 0.1) is 12.5 Å². The molecule has 3 saturated carbocycles. The zero-order valence-corrected chi connectivity index (χ0v) is 25.9. The Morgan fingerprint density at radius 3 is 2.42 bits per heavy atom. The third-order valence-corrected chi connectivity index (χ3v) is 9.89. The number of hydrogen-bond acceptors (Lipinski definition) is 7. The molecule has 7 nitrogen and oxygen atoms in total. The zero-order chi connectivity index (χ0) is 26.5. The molecular weight excluding hydrogens is 524 g/mol. The van der Waals surface area contributed by atoms with E-state index in [0.29, 0.717) is 19.3 Å². The normalized spacial score (nSPS) is 38.2. The van der Waals surface area contributed by atoms with Gasteiger partial charge in [0.2, 0.25) is 0 Å². The second kappa shape index (κ2) is 11.8. The highest BCUT2D eigenvalue weighted by Crippen LogP contribution is 2.67. The first-order valence-corrected chi connectivity index (χ1v) is 13.6. The Morgan fingerprint density at radius 2 is 1.79 bits per heavy atom. The molecule has 4 aliphatic carbocycles. The predicted octanol–water partition coefficient (Wildman–Crippen LogP) is 4.77. The molecule has 0 aromatic heterocycles. The molecule has 0 aromatic rings. The van der Waals surface area contributed by atoms with E-state index in [-0.39, 0.29) is 69.0 Å². The van der Waals surface area contributed by atoms with Crippen molar-refractivity contribution in [1.82, 2.24) is 0 Å². The molecule has 3 fully saturated rings. The van der Waals surface area contributed by atoms with Crippen molar-refractivity contribution in [1.29, 1.82) is 0 Å². The molecule has 4 rings (SSSR count). The summed E-state index contributed by atoms with van der Waals surface area (Å²) in [5.74, 6) is -0.138. The molecule has 218 valence electrons. The second-order valence-corrected chi connectivity index (χ2v) is 13.0. The number of ether oxygens (including phenoxy) is 3. The van der Waals surface area contributed by atoms with Crippen molar-refractivity contribution in [3.05, 3.63) is 11.6 Å². The van der Waals surface area contributed by atoms with Gasteiger partial charge in [0, 0.05) is 18.9 Å². The Hall–Kier alpha value is -1.03. The minimum absolute atomic E-state index is 0. The van der Waals surface area contributed by atoms with Crippen molar-refractivity contribution < 1.29 is 33.7 Å². The van der Waals surface area contributed by atoms with Crippen molar-refractivity contribution >= 4 is 44.7 Å². The first kappa shape index (κ1) is 33.2. The van der Waals surface area contributed by atoms with Crippen LogP contribution in [0.1, 0.15) is 92.4 Å². The average Bonchev–Trinajstić information content (AvgIpc) is 2.77. The number of carbonyl (C=O) groups is 3. The topological polar surface area (TPSA) is 99.1 Å². The van der Waals surface area contributed by atoms with E-state index in [9.17, 15) is 19.5 Å². The van der Waals surface area contributed by atoms with Gasteiger partial charge < -0.3 is 19.3 Å². The van der Waals surface area contributed by atoms with Crippen LogP contribution in [-0.4, -0.2) is 53.9 Å².